The molecule has 0 bridgehead atoms. The van der Waals surface area contributed by atoms with E-state index in [1.165, 1.54) is 0 Å². The van der Waals surface area contributed by atoms with E-state index in [4.69, 9.17) is 0 Å². The molecule has 0 saturated heterocycles. The molecule has 15 heteroatoms. The highest BCUT2D eigenvalue weighted by Crippen LogP contribution is 2.32. The number of hydrogen-bond donors (Lipinski definition) is 0. The van der Waals surface area contributed by atoms with Crippen LogP contribution < -0.4 is 0 Å². The Hall–Kier alpha value is -3.10. The largest absolute Gasteiger partial charge is 0.294 e. The lowest BCUT2D eigenvalue weighted by Gasteiger charge is -2.07. The van der Waals surface area contributed by atoms with Gasteiger partial charge < -0.3 is 0 Å². The molecule has 0 amide bonds. The summed E-state index contributed by atoms with van der Waals surface area (Å²) in [6, 6.07) is 0. The van der Waals surface area contributed by atoms with E-state index in [0.29, 0.717) is 0 Å². The van der Waals surface area contributed by atoms with E-state index in [-0.39, 0.29) is 12.2 Å². The molecule has 2 nitrogen and oxygen atoms in total. The SMILES string of the molecule is O=C(C=Cc1c(F)c(F)c(F)c(F)c1F)CS(=O)C(F)=C(F)c1c(F)c(F)c(F)c(F)c1F. The number of benzene rings is 2. The van der Waals surface area contributed by atoms with Gasteiger partial charge in [-0.3, -0.25) is 9.00 Å². The first kappa shape index (κ1) is 26.2. The van der Waals surface area contributed by atoms with E-state index in [2.05, 4.69) is 0 Å². The Kier molecular flexibility index (Phi) is 7.77. The van der Waals surface area contributed by atoms with E-state index in [1.807, 2.05) is 0 Å². The van der Waals surface area contributed by atoms with Gasteiger partial charge in [0.05, 0.1) is 27.7 Å². The van der Waals surface area contributed by atoms with Crippen molar-refractivity contribution in [3.63, 3.8) is 0 Å². The standard InChI is InChI=1S/C18H4F12O2S/c19-7-5(8(20)13(25)16(28)12(7)24)2-1-4(31)3-33(32)18(30)11(23)6-9(21)14(26)17(29)15(27)10(6)22/h1-2H,3H2. The van der Waals surface area contributed by atoms with Gasteiger partial charge in [-0.05, 0) is 12.2 Å². The maximum absolute atomic E-state index is 14.0. The molecule has 2 aromatic carbocycles. The molecule has 0 saturated carbocycles. The minimum Gasteiger partial charge on any atom is -0.294 e. The number of hydrogen-bond acceptors (Lipinski definition) is 2. The van der Waals surface area contributed by atoms with Gasteiger partial charge in [-0.15, -0.1) is 0 Å². The molecule has 1 unspecified atom stereocenters. The van der Waals surface area contributed by atoms with Crippen molar-refractivity contribution in [3.05, 3.63) is 80.5 Å². The van der Waals surface area contributed by atoms with Gasteiger partial charge in [-0.25, -0.2) is 48.3 Å². The molecule has 0 aliphatic rings. The summed E-state index contributed by atoms with van der Waals surface area (Å²) < 4.78 is 172. The zero-order valence-corrected chi connectivity index (χ0v) is 15.9. The second-order valence-electron chi connectivity index (χ2n) is 5.81. The molecule has 0 heterocycles. The highest BCUT2D eigenvalue weighted by Gasteiger charge is 2.31. The van der Waals surface area contributed by atoms with Crippen molar-refractivity contribution in [3.8, 4) is 0 Å². The lowest BCUT2D eigenvalue weighted by atomic mass is 10.1. The molecule has 178 valence electrons. The van der Waals surface area contributed by atoms with Gasteiger partial charge in [0.2, 0.25) is 16.8 Å². The maximum atomic E-state index is 14.0. The highest BCUT2D eigenvalue weighted by atomic mass is 32.2. The van der Waals surface area contributed by atoms with Crippen LogP contribution in [0.15, 0.2) is 11.2 Å². The quantitative estimate of drug-likeness (QED) is 0.216. The summed E-state index contributed by atoms with van der Waals surface area (Å²) in [4.78, 5) is 11.6. The predicted octanol–water partition coefficient (Wildman–Crippen LogP) is 5.67. The smallest absolute Gasteiger partial charge is 0.223 e. The number of halogens is 12. The van der Waals surface area contributed by atoms with Gasteiger partial charge in [0.15, 0.2) is 58.1 Å². The van der Waals surface area contributed by atoms with Crippen molar-refractivity contribution in [2.45, 2.75) is 0 Å². The first-order valence-electron chi connectivity index (χ1n) is 7.90. The summed E-state index contributed by atoms with van der Waals surface area (Å²) in [7, 11) is -3.47. The molecule has 2 rings (SSSR count). The number of carbonyl (C=O) groups excluding carboxylic acids is 1. The van der Waals surface area contributed by atoms with Crippen LogP contribution >= 0.6 is 0 Å². The third kappa shape index (κ3) is 4.82. The number of allylic oxidation sites excluding steroid dienone is 1. The van der Waals surface area contributed by atoms with Gasteiger partial charge >= 0.3 is 0 Å². The van der Waals surface area contributed by atoms with Crippen LogP contribution in [0.3, 0.4) is 0 Å². The lowest BCUT2D eigenvalue weighted by molar-refractivity contribution is -0.112. The van der Waals surface area contributed by atoms with Gasteiger partial charge in [-0.2, -0.15) is 4.39 Å². The third-order valence-corrected chi connectivity index (χ3v) is 4.88. The van der Waals surface area contributed by atoms with Crippen LogP contribution in [0.5, 0.6) is 0 Å². The van der Waals surface area contributed by atoms with Crippen molar-refractivity contribution in [1.29, 1.82) is 0 Å². The second-order valence-corrected chi connectivity index (χ2v) is 7.14. The Morgan fingerprint density at radius 3 is 1.42 bits per heavy atom. The van der Waals surface area contributed by atoms with Gasteiger partial charge in [0.1, 0.15) is 0 Å². The van der Waals surface area contributed by atoms with Crippen molar-refractivity contribution >= 4 is 28.5 Å². The zero-order valence-electron chi connectivity index (χ0n) is 15.1. The average Bonchev–Trinajstić information content (AvgIpc) is 2.78. The summed E-state index contributed by atoms with van der Waals surface area (Å²) in [5.41, 5.74) is -4.03. The van der Waals surface area contributed by atoms with E-state index < -0.39 is 103 Å². The molecule has 33 heavy (non-hydrogen) atoms. The first-order valence-corrected chi connectivity index (χ1v) is 9.21. The van der Waals surface area contributed by atoms with E-state index in [1.54, 1.807) is 0 Å². The minimum absolute atomic E-state index is 0.0256. The molecule has 0 aliphatic carbocycles. The van der Waals surface area contributed by atoms with Crippen LogP contribution in [0.4, 0.5) is 52.7 Å². The third-order valence-electron chi connectivity index (χ3n) is 3.75. The number of carbonyl (C=O) groups is 1. The van der Waals surface area contributed by atoms with Crippen LogP contribution in [0.25, 0.3) is 11.9 Å². The molecule has 0 spiro atoms. The van der Waals surface area contributed by atoms with Crippen LogP contribution in [0.2, 0.25) is 0 Å². The molecule has 0 radical (unpaired) electrons. The molecular weight excluding hydrogens is 508 g/mol. The Balaban J connectivity index is 2.35. The number of rotatable bonds is 6. The molecule has 0 N–H and O–H groups in total. The van der Waals surface area contributed by atoms with Crippen molar-refractivity contribution in [2.24, 2.45) is 0 Å². The topological polar surface area (TPSA) is 34.1 Å². The molecule has 1 atom stereocenters. The summed E-state index contributed by atoms with van der Waals surface area (Å²) in [6.07, 6.45) is 0.0810. The number of ketones is 1. The summed E-state index contributed by atoms with van der Waals surface area (Å²) in [5.74, 6) is -31.6. The van der Waals surface area contributed by atoms with Crippen LogP contribution in [-0.4, -0.2) is 15.7 Å². The highest BCUT2D eigenvalue weighted by molar-refractivity contribution is 7.89. The predicted molar refractivity (Wildman–Crippen MR) is 88.7 cm³/mol. The van der Waals surface area contributed by atoms with Crippen molar-refractivity contribution in [1.82, 2.24) is 0 Å². The summed E-state index contributed by atoms with van der Waals surface area (Å²) in [5, 5.41) is -2.64. The van der Waals surface area contributed by atoms with Crippen molar-refractivity contribution in [2.75, 3.05) is 5.75 Å². The van der Waals surface area contributed by atoms with E-state index in [9.17, 15) is 61.7 Å². The Morgan fingerprint density at radius 2 is 1.00 bits per heavy atom. The average molecular weight is 512 g/mol. The fraction of sp³-hybridized carbons (Fsp3) is 0.0556. The van der Waals surface area contributed by atoms with Crippen molar-refractivity contribution < 1.29 is 61.7 Å². The Morgan fingerprint density at radius 1 is 0.636 bits per heavy atom. The lowest BCUT2D eigenvalue weighted by Crippen LogP contribution is -2.11. The van der Waals surface area contributed by atoms with E-state index >= 15 is 0 Å². The summed E-state index contributed by atoms with van der Waals surface area (Å²) in [6.45, 7) is 0. The molecule has 0 aromatic heterocycles. The van der Waals surface area contributed by atoms with Gasteiger partial charge in [-0.1, -0.05) is 0 Å². The second kappa shape index (κ2) is 9.80. The normalized spacial score (nSPS) is 13.5. The monoisotopic (exact) mass is 512 g/mol. The molecule has 0 fully saturated rings. The Bertz CT molecular complexity index is 1190. The van der Waals surface area contributed by atoms with E-state index in [0.717, 1.165) is 0 Å². The van der Waals surface area contributed by atoms with Gasteiger partial charge in [0.25, 0.3) is 0 Å². The fourth-order valence-electron chi connectivity index (χ4n) is 2.18. The van der Waals surface area contributed by atoms with Crippen LogP contribution in [0, 0.1) is 58.2 Å². The molecular formula is C18H4F12O2S. The molecule has 2 aromatic rings. The molecule has 0 aliphatic heterocycles. The maximum Gasteiger partial charge on any atom is 0.223 e. The van der Waals surface area contributed by atoms with Gasteiger partial charge in [0, 0.05) is 0 Å². The summed E-state index contributed by atoms with van der Waals surface area (Å²) >= 11 is 0. The Labute approximate surface area is 177 Å². The zero-order chi connectivity index (χ0) is 25.4. The minimum atomic E-state index is -3.47. The van der Waals surface area contributed by atoms with Crippen LogP contribution in [0.1, 0.15) is 11.1 Å². The fourth-order valence-corrected chi connectivity index (χ4v) is 2.96. The van der Waals surface area contributed by atoms with Crippen LogP contribution in [-0.2, 0) is 15.6 Å². The first-order chi connectivity index (χ1) is 15.2.